The first kappa shape index (κ1) is 14.5. The van der Waals surface area contributed by atoms with Gasteiger partial charge in [0.25, 0.3) is 0 Å². The van der Waals surface area contributed by atoms with Crippen LogP contribution in [0.1, 0.15) is 24.3 Å². The fourth-order valence-corrected chi connectivity index (χ4v) is 2.55. The standard InChI is InChI=1S/C14H18N2O3S/c1-10-9-12(6-7-13(10)16-20(3,17)18)15-11(2)14-5-4-8-19-14/h4-9,11,15-16H,1-3H3. The van der Waals surface area contributed by atoms with Crippen LogP contribution in [0.5, 0.6) is 0 Å². The summed E-state index contributed by atoms with van der Waals surface area (Å²) in [6.07, 6.45) is 2.77. The second-order valence-electron chi connectivity index (χ2n) is 4.79. The molecule has 20 heavy (non-hydrogen) atoms. The van der Waals surface area contributed by atoms with Gasteiger partial charge in [-0.15, -0.1) is 0 Å². The minimum atomic E-state index is -3.26. The molecule has 1 heterocycles. The van der Waals surface area contributed by atoms with E-state index < -0.39 is 10.0 Å². The summed E-state index contributed by atoms with van der Waals surface area (Å²) in [6, 6.07) is 9.26. The highest BCUT2D eigenvalue weighted by atomic mass is 32.2. The molecule has 6 heteroatoms. The summed E-state index contributed by atoms with van der Waals surface area (Å²) in [6.45, 7) is 3.85. The molecule has 2 rings (SSSR count). The Morgan fingerprint density at radius 1 is 1.25 bits per heavy atom. The summed E-state index contributed by atoms with van der Waals surface area (Å²) >= 11 is 0. The number of anilines is 2. The molecule has 0 bridgehead atoms. The van der Waals surface area contributed by atoms with E-state index in [4.69, 9.17) is 4.42 Å². The van der Waals surface area contributed by atoms with E-state index in [0.29, 0.717) is 5.69 Å². The highest BCUT2D eigenvalue weighted by Gasteiger charge is 2.10. The first-order valence-electron chi connectivity index (χ1n) is 6.23. The van der Waals surface area contributed by atoms with Crippen LogP contribution < -0.4 is 10.0 Å². The molecule has 0 saturated carbocycles. The van der Waals surface area contributed by atoms with Crippen molar-refractivity contribution in [2.75, 3.05) is 16.3 Å². The average Bonchev–Trinajstić information content (AvgIpc) is 2.85. The normalized spacial score (nSPS) is 12.9. The van der Waals surface area contributed by atoms with Crippen LogP contribution in [0.2, 0.25) is 0 Å². The smallest absolute Gasteiger partial charge is 0.229 e. The molecule has 0 amide bonds. The Morgan fingerprint density at radius 2 is 2.00 bits per heavy atom. The second-order valence-corrected chi connectivity index (χ2v) is 6.53. The Morgan fingerprint density at radius 3 is 2.55 bits per heavy atom. The van der Waals surface area contributed by atoms with Crippen LogP contribution in [0.15, 0.2) is 41.0 Å². The van der Waals surface area contributed by atoms with Crippen molar-refractivity contribution in [1.82, 2.24) is 0 Å². The van der Waals surface area contributed by atoms with Gasteiger partial charge in [-0.25, -0.2) is 8.42 Å². The maximum atomic E-state index is 11.2. The summed E-state index contributed by atoms with van der Waals surface area (Å²) in [5.74, 6) is 0.848. The summed E-state index contributed by atoms with van der Waals surface area (Å²) in [5.41, 5.74) is 2.35. The molecule has 0 aliphatic rings. The van der Waals surface area contributed by atoms with Gasteiger partial charge in [-0.3, -0.25) is 4.72 Å². The predicted octanol–water partition coefficient (Wildman–Crippen LogP) is 3.13. The third kappa shape index (κ3) is 3.77. The zero-order valence-electron chi connectivity index (χ0n) is 11.7. The Kier molecular flexibility index (Phi) is 4.04. The molecule has 0 saturated heterocycles. The number of nitrogens with one attached hydrogen (secondary N) is 2. The van der Waals surface area contributed by atoms with E-state index in [0.717, 1.165) is 23.3 Å². The Labute approximate surface area is 119 Å². The van der Waals surface area contributed by atoms with E-state index in [9.17, 15) is 8.42 Å². The van der Waals surface area contributed by atoms with Crippen LogP contribution in [0.4, 0.5) is 11.4 Å². The molecule has 1 aromatic heterocycles. The zero-order chi connectivity index (χ0) is 14.8. The van der Waals surface area contributed by atoms with Crippen LogP contribution in [0, 0.1) is 6.92 Å². The van der Waals surface area contributed by atoms with Crippen LogP contribution in [0.3, 0.4) is 0 Å². The van der Waals surface area contributed by atoms with Crippen LogP contribution in [-0.2, 0) is 10.0 Å². The Bertz CT molecular complexity index is 678. The Hall–Kier alpha value is -1.95. The monoisotopic (exact) mass is 294 g/mol. The van der Waals surface area contributed by atoms with Gasteiger partial charge in [-0.05, 0) is 49.7 Å². The molecular formula is C14H18N2O3S. The van der Waals surface area contributed by atoms with Gasteiger partial charge in [0.15, 0.2) is 0 Å². The largest absolute Gasteiger partial charge is 0.467 e. The summed E-state index contributed by atoms with van der Waals surface area (Å²) < 4.78 is 30.3. The highest BCUT2D eigenvalue weighted by molar-refractivity contribution is 7.92. The number of rotatable bonds is 5. The topological polar surface area (TPSA) is 71.3 Å². The van der Waals surface area contributed by atoms with E-state index in [2.05, 4.69) is 10.0 Å². The first-order valence-corrected chi connectivity index (χ1v) is 8.13. The van der Waals surface area contributed by atoms with E-state index in [1.54, 1.807) is 12.3 Å². The molecule has 0 spiro atoms. The lowest BCUT2D eigenvalue weighted by molar-refractivity contribution is 0.490. The van der Waals surface area contributed by atoms with Crippen molar-refractivity contribution in [2.24, 2.45) is 0 Å². The van der Waals surface area contributed by atoms with Crippen LogP contribution >= 0.6 is 0 Å². The fourth-order valence-electron chi connectivity index (χ4n) is 1.93. The summed E-state index contributed by atoms with van der Waals surface area (Å²) in [5, 5.41) is 3.30. The molecule has 2 aromatic rings. The molecule has 0 aliphatic carbocycles. The lowest BCUT2D eigenvalue weighted by Gasteiger charge is -2.15. The third-order valence-electron chi connectivity index (χ3n) is 2.87. The second kappa shape index (κ2) is 5.58. The predicted molar refractivity (Wildman–Crippen MR) is 80.4 cm³/mol. The molecular weight excluding hydrogens is 276 g/mol. The number of hydrogen-bond donors (Lipinski definition) is 2. The SMILES string of the molecule is Cc1cc(NC(C)c2ccco2)ccc1NS(C)(=O)=O. The van der Waals surface area contributed by atoms with E-state index >= 15 is 0 Å². The van der Waals surface area contributed by atoms with Crippen LogP contribution in [-0.4, -0.2) is 14.7 Å². The van der Waals surface area contributed by atoms with Crippen LogP contribution in [0.25, 0.3) is 0 Å². The summed E-state index contributed by atoms with van der Waals surface area (Å²) in [4.78, 5) is 0. The summed E-state index contributed by atoms with van der Waals surface area (Å²) in [7, 11) is -3.26. The van der Waals surface area contributed by atoms with Gasteiger partial charge in [-0.1, -0.05) is 0 Å². The van der Waals surface area contributed by atoms with Crippen molar-refractivity contribution >= 4 is 21.4 Å². The minimum Gasteiger partial charge on any atom is -0.467 e. The van der Waals surface area contributed by atoms with E-state index in [1.165, 1.54) is 0 Å². The number of hydrogen-bond acceptors (Lipinski definition) is 4. The molecule has 5 nitrogen and oxygen atoms in total. The fraction of sp³-hybridized carbons (Fsp3) is 0.286. The van der Waals surface area contributed by atoms with Gasteiger partial charge in [-0.2, -0.15) is 0 Å². The molecule has 0 fully saturated rings. The van der Waals surface area contributed by atoms with Crippen molar-refractivity contribution in [1.29, 1.82) is 0 Å². The van der Waals surface area contributed by atoms with E-state index in [1.807, 2.05) is 38.1 Å². The molecule has 1 atom stereocenters. The number of furan rings is 1. The maximum Gasteiger partial charge on any atom is 0.229 e. The number of benzene rings is 1. The van der Waals surface area contributed by atoms with Gasteiger partial charge < -0.3 is 9.73 Å². The average molecular weight is 294 g/mol. The van der Waals surface area contributed by atoms with Crippen molar-refractivity contribution in [3.8, 4) is 0 Å². The lowest BCUT2D eigenvalue weighted by Crippen LogP contribution is -2.11. The van der Waals surface area contributed by atoms with Crippen molar-refractivity contribution in [3.05, 3.63) is 47.9 Å². The molecule has 0 aliphatic heterocycles. The van der Waals surface area contributed by atoms with Crippen molar-refractivity contribution in [3.63, 3.8) is 0 Å². The highest BCUT2D eigenvalue weighted by Crippen LogP contribution is 2.24. The van der Waals surface area contributed by atoms with Gasteiger partial charge in [0, 0.05) is 5.69 Å². The lowest BCUT2D eigenvalue weighted by atomic mass is 10.1. The van der Waals surface area contributed by atoms with Gasteiger partial charge in [0.2, 0.25) is 10.0 Å². The van der Waals surface area contributed by atoms with Crippen molar-refractivity contribution < 1.29 is 12.8 Å². The number of sulfonamides is 1. The molecule has 2 N–H and O–H groups in total. The van der Waals surface area contributed by atoms with Crippen molar-refractivity contribution in [2.45, 2.75) is 19.9 Å². The zero-order valence-corrected chi connectivity index (χ0v) is 12.5. The third-order valence-corrected chi connectivity index (χ3v) is 3.47. The maximum absolute atomic E-state index is 11.2. The molecule has 1 aromatic carbocycles. The number of aryl methyl sites for hydroxylation is 1. The first-order chi connectivity index (χ1) is 9.35. The van der Waals surface area contributed by atoms with Gasteiger partial charge >= 0.3 is 0 Å². The molecule has 1 unspecified atom stereocenters. The van der Waals surface area contributed by atoms with Gasteiger partial charge in [0.05, 0.1) is 24.2 Å². The molecule has 108 valence electrons. The van der Waals surface area contributed by atoms with Gasteiger partial charge in [0.1, 0.15) is 5.76 Å². The minimum absolute atomic E-state index is 0.0399. The van der Waals surface area contributed by atoms with E-state index in [-0.39, 0.29) is 6.04 Å². The quantitative estimate of drug-likeness (QED) is 0.888. The Balaban J connectivity index is 2.13. The molecule has 0 radical (unpaired) electrons.